The number of rotatable bonds is 5. The molecule has 0 aliphatic rings. The van der Waals surface area contributed by atoms with Crippen LogP contribution in [-0.2, 0) is 11.2 Å². The second-order valence-corrected chi connectivity index (χ2v) is 5.21. The molecule has 0 amide bonds. The molecule has 1 heterocycles. The molecule has 0 aliphatic carbocycles. The number of hydrogen-bond donors (Lipinski definition) is 2. The quantitative estimate of drug-likeness (QED) is 0.832. The molecule has 3 N–H and O–H groups in total. The second kappa shape index (κ2) is 6.38. The van der Waals surface area contributed by atoms with Crippen molar-refractivity contribution in [3.63, 3.8) is 0 Å². The molecule has 0 spiro atoms. The van der Waals surface area contributed by atoms with Gasteiger partial charge in [0.15, 0.2) is 0 Å². The maximum absolute atomic E-state index is 13.4. The zero-order valence-electron chi connectivity index (χ0n) is 11.0. The molecule has 6 heteroatoms. The first kappa shape index (κ1) is 14.3. The largest absolute Gasteiger partial charge is 0.465 e. The van der Waals surface area contributed by atoms with Gasteiger partial charge in [-0.05, 0) is 24.1 Å². The molecular weight excluding hydrogens is 279 g/mol. The lowest BCUT2D eigenvalue weighted by Gasteiger charge is -2.04. The van der Waals surface area contributed by atoms with Crippen molar-refractivity contribution in [3.8, 4) is 0 Å². The van der Waals surface area contributed by atoms with Gasteiger partial charge in [-0.1, -0.05) is 18.2 Å². The van der Waals surface area contributed by atoms with Crippen LogP contribution in [-0.4, -0.2) is 19.6 Å². The average Bonchev–Trinajstić information content (AvgIpc) is 2.81. The van der Waals surface area contributed by atoms with E-state index in [-0.39, 0.29) is 5.82 Å². The van der Waals surface area contributed by atoms with Crippen molar-refractivity contribution >= 4 is 28.0 Å². The molecular formula is C14H15FN2O2S. The number of hydrogen-bond acceptors (Lipinski definition) is 5. The molecule has 0 radical (unpaired) electrons. The zero-order chi connectivity index (χ0) is 14.5. The number of methoxy groups -OCH3 is 1. The molecule has 106 valence electrons. The number of carbonyl (C=O) groups is 1. The maximum atomic E-state index is 13.4. The molecule has 2 aromatic rings. The molecule has 2 rings (SSSR count). The first-order chi connectivity index (χ1) is 9.61. The number of thiophene rings is 1. The number of nitrogen functional groups attached to an aromatic ring is 1. The van der Waals surface area contributed by atoms with Gasteiger partial charge in [0.25, 0.3) is 0 Å². The molecule has 0 saturated heterocycles. The fourth-order valence-electron chi connectivity index (χ4n) is 1.77. The van der Waals surface area contributed by atoms with Crippen molar-refractivity contribution in [1.29, 1.82) is 0 Å². The molecule has 0 fully saturated rings. The van der Waals surface area contributed by atoms with Crippen LogP contribution in [0.15, 0.2) is 30.3 Å². The molecule has 0 saturated carbocycles. The van der Waals surface area contributed by atoms with Crippen LogP contribution in [0.2, 0.25) is 0 Å². The van der Waals surface area contributed by atoms with Crippen LogP contribution in [0.25, 0.3) is 0 Å². The highest BCUT2D eigenvalue weighted by Gasteiger charge is 2.14. The van der Waals surface area contributed by atoms with Crippen LogP contribution >= 0.6 is 11.3 Å². The number of anilines is 2. The van der Waals surface area contributed by atoms with E-state index in [1.807, 2.05) is 0 Å². The molecule has 20 heavy (non-hydrogen) atoms. The second-order valence-electron chi connectivity index (χ2n) is 4.15. The van der Waals surface area contributed by atoms with Gasteiger partial charge in [0.05, 0.1) is 17.8 Å². The lowest BCUT2D eigenvalue weighted by atomic mass is 10.1. The fraction of sp³-hybridized carbons (Fsp3) is 0.214. The number of esters is 1. The van der Waals surface area contributed by atoms with E-state index in [1.54, 1.807) is 24.3 Å². The number of nitrogens with two attached hydrogens (primary N) is 1. The van der Waals surface area contributed by atoms with Crippen LogP contribution in [0.1, 0.15) is 15.2 Å². The topological polar surface area (TPSA) is 64.3 Å². The summed E-state index contributed by atoms with van der Waals surface area (Å²) in [5, 5.41) is 3.89. The van der Waals surface area contributed by atoms with Gasteiger partial charge in [0.2, 0.25) is 0 Å². The number of ether oxygens (including phenoxy) is 1. The molecule has 0 atom stereocenters. The van der Waals surface area contributed by atoms with Gasteiger partial charge >= 0.3 is 5.97 Å². The van der Waals surface area contributed by atoms with E-state index in [1.165, 1.54) is 24.5 Å². The van der Waals surface area contributed by atoms with Gasteiger partial charge < -0.3 is 15.8 Å². The van der Waals surface area contributed by atoms with Crippen LogP contribution in [0, 0.1) is 5.82 Å². The normalized spacial score (nSPS) is 10.3. The number of carbonyl (C=O) groups excluding carboxylic acids is 1. The Morgan fingerprint density at radius 1 is 1.45 bits per heavy atom. The molecule has 0 unspecified atom stereocenters. The van der Waals surface area contributed by atoms with Gasteiger partial charge in [-0.2, -0.15) is 0 Å². The number of benzene rings is 1. The predicted octanol–water partition coefficient (Wildman–Crippen LogP) is 2.91. The van der Waals surface area contributed by atoms with E-state index in [2.05, 4.69) is 10.1 Å². The van der Waals surface area contributed by atoms with Crippen LogP contribution < -0.4 is 11.1 Å². The van der Waals surface area contributed by atoms with E-state index in [0.29, 0.717) is 29.1 Å². The highest BCUT2D eigenvalue weighted by molar-refractivity contribution is 7.18. The highest BCUT2D eigenvalue weighted by atomic mass is 32.1. The van der Waals surface area contributed by atoms with Crippen molar-refractivity contribution in [2.45, 2.75) is 6.42 Å². The lowest BCUT2D eigenvalue weighted by molar-refractivity contribution is 0.0607. The molecule has 0 bridgehead atoms. The van der Waals surface area contributed by atoms with Crippen LogP contribution in [0.3, 0.4) is 0 Å². The summed E-state index contributed by atoms with van der Waals surface area (Å²) in [4.78, 5) is 11.8. The number of halogens is 1. The van der Waals surface area contributed by atoms with Gasteiger partial charge in [0, 0.05) is 6.54 Å². The third kappa shape index (κ3) is 3.27. The van der Waals surface area contributed by atoms with Crippen molar-refractivity contribution < 1.29 is 13.9 Å². The molecule has 1 aromatic heterocycles. The zero-order valence-corrected chi connectivity index (χ0v) is 11.8. The summed E-state index contributed by atoms with van der Waals surface area (Å²) >= 11 is 1.23. The Labute approximate surface area is 120 Å². The Morgan fingerprint density at radius 2 is 2.20 bits per heavy atom. The van der Waals surface area contributed by atoms with Gasteiger partial charge in [-0.3, -0.25) is 0 Å². The van der Waals surface area contributed by atoms with Crippen molar-refractivity contribution in [1.82, 2.24) is 0 Å². The van der Waals surface area contributed by atoms with E-state index < -0.39 is 5.97 Å². The van der Waals surface area contributed by atoms with E-state index >= 15 is 0 Å². The molecule has 4 nitrogen and oxygen atoms in total. The standard InChI is InChI=1S/C14H15FN2O2S/c1-19-14(18)13-11(16)8-12(20-13)17-7-6-9-4-2-3-5-10(9)15/h2-5,8,17H,6-7,16H2,1H3. The van der Waals surface area contributed by atoms with Gasteiger partial charge in [0.1, 0.15) is 10.7 Å². The van der Waals surface area contributed by atoms with Crippen molar-refractivity contribution in [2.24, 2.45) is 0 Å². The summed E-state index contributed by atoms with van der Waals surface area (Å²) in [6.07, 6.45) is 0.554. The Kier molecular flexibility index (Phi) is 4.57. The lowest BCUT2D eigenvalue weighted by Crippen LogP contribution is -2.04. The third-order valence-electron chi connectivity index (χ3n) is 2.78. The van der Waals surface area contributed by atoms with Crippen molar-refractivity contribution in [2.75, 3.05) is 24.7 Å². The summed E-state index contributed by atoms with van der Waals surface area (Å²) in [7, 11) is 1.31. The number of nitrogens with one attached hydrogen (secondary N) is 1. The summed E-state index contributed by atoms with van der Waals surface area (Å²) in [6, 6.07) is 8.33. The summed E-state index contributed by atoms with van der Waals surface area (Å²) < 4.78 is 18.1. The smallest absolute Gasteiger partial charge is 0.350 e. The summed E-state index contributed by atoms with van der Waals surface area (Å²) in [6.45, 7) is 0.557. The van der Waals surface area contributed by atoms with Crippen molar-refractivity contribution in [3.05, 3.63) is 46.6 Å². The van der Waals surface area contributed by atoms with E-state index in [9.17, 15) is 9.18 Å². The predicted molar refractivity (Wildman–Crippen MR) is 78.7 cm³/mol. The molecule has 1 aromatic carbocycles. The Balaban J connectivity index is 1.95. The van der Waals surface area contributed by atoms with Gasteiger partial charge in [-0.25, -0.2) is 9.18 Å². The Morgan fingerprint density at radius 3 is 2.90 bits per heavy atom. The summed E-state index contributed by atoms with van der Waals surface area (Å²) in [5.74, 6) is -0.662. The van der Waals surface area contributed by atoms with Crippen LogP contribution in [0.5, 0.6) is 0 Å². The monoisotopic (exact) mass is 294 g/mol. The minimum atomic E-state index is -0.449. The van der Waals surface area contributed by atoms with Crippen LogP contribution in [0.4, 0.5) is 15.1 Å². The van der Waals surface area contributed by atoms with E-state index in [0.717, 1.165) is 5.00 Å². The minimum Gasteiger partial charge on any atom is -0.465 e. The first-order valence-corrected chi connectivity index (χ1v) is 6.88. The average molecular weight is 294 g/mol. The Hall–Kier alpha value is -2.08. The minimum absolute atomic E-state index is 0.213. The fourth-order valence-corrected chi connectivity index (χ4v) is 2.69. The Bertz CT molecular complexity index is 613. The SMILES string of the molecule is COC(=O)c1sc(NCCc2ccccc2F)cc1N. The van der Waals surface area contributed by atoms with E-state index in [4.69, 9.17) is 5.73 Å². The summed E-state index contributed by atoms with van der Waals surface area (Å²) in [5.41, 5.74) is 6.77. The molecule has 0 aliphatic heterocycles. The van der Waals surface area contributed by atoms with Gasteiger partial charge in [-0.15, -0.1) is 11.3 Å². The highest BCUT2D eigenvalue weighted by Crippen LogP contribution is 2.29. The maximum Gasteiger partial charge on any atom is 0.350 e. The first-order valence-electron chi connectivity index (χ1n) is 6.06. The third-order valence-corrected chi connectivity index (χ3v) is 3.87.